The zero-order valence-corrected chi connectivity index (χ0v) is 45.9. The topological polar surface area (TPSA) is 175 Å². The predicted molar refractivity (Wildman–Crippen MR) is 292 cm³/mol. The molecule has 0 aromatic heterocycles. The van der Waals surface area contributed by atoms with Gasteiger partial charge in [0.15, 0.2) is 6.29 Å². The molecule has 1 fully saturated rings. The quantitative estimate of drug-likeness (QED) is 0.0195. The van der Waals surface area contributed by atoms with E-state index in [-0.39, 0.29) is 18.5 Å². The van der Waals surface area contributed by atoms with E-state index in [2.05, 4.69) is 31.3 Å². The van der Waals surface area contributed by atoms with Crippen molar-refractivity contribution in [3.63, 3.8) is 0 Å². The van der Waals surface area contributed by atoms with Crippen LogP contribution in [0.2, 0.25) is 0 Å². The largest absolute Gasteiger partial charge is 0.466 e. The van der Waals surface area contributed by atoms with Gasteiger partial charge in [0.25, 0.3) is 0 Å². The van der Waals surface area contributed by atoms with Crippen LogP contribution in [0.4, 0.5) is 0 Å². The minimum Gasteiger partial charge on any atom is -0.466 e. The van der Waals surface area contributed by atoms with Gasteiger partial charge < -0.3 is 45.1 Å². The Hall–Kier alpha value is -1.86. The van der Waals surface area contributed by atoms with Gasteiger partial charge in [-0.25, -0.2) is 0 Å². The van der Waals surface area contributed by atoms with Gasteiger partial charge in [0.1, 0.15) is 24.4 Å². The molecule has 1 aliphatic heterocycles. The lowest BCUT2D eigenvalue weighted by atomic mass is 9.99. The van der Waals surface area contributed by atoms with Crippen molar-refractivity contribution in [2.75, 3.05) is 19.8 Å². The lowest BCUT2D eigenvalue weighted by Gasteiger charge is -2.40. The lowest BCUT2D eigenvalue weighted by Crippen LogP contribution is -2.60. The molecule has 1 amide bonds. The Morgan fingerprint density at radius 3 is 1.39 bits per heavy atom. The van der Waals surface area contributed by atoms with Crippen LogP contribution in [0.5, 0.6) is 0 Å². The van der Waals surface area contributed by atoms with E-state index in [9.17, 15) is 35.1 Å². The third-order valence-electron chi connectivity index (χ3n) is 14.3. The van der Waals surface area contributed by atoms with Gasteiger partial charge >= 0.3 is 5.97 Å². The molecule has 0 spiro atoms. The smallest absolute Gasteiger partial charge is 0.305 e. The zero-order valence-electron chi connectivity index (χ0n) is 45.9. The zero-order chi connectivity index (χ0) is 51.7. The summed E-state index contributed by atoms with van der Waals surface area (Å²) in [4.78, 5) is 25.0. The predicted octanol–water partition coefficient (Wildman–Crippen LogP) is 13.7. The Kier molecular flexibility index (Phi) is 47.6. The number of aliphatic hydroxyl groups excluding tert-OH is 5. The molecule has 6 N–H and O–H groups in total. The molecule has 0 saturated carbocycles. The van der Waals surface area contributed by atoms with Crippen molar-refractivity contribution >= 4 is 11.9 Å². The Morgan fingerprint density at radius 1 is 0.507 bits per heavy atom. The minimum atomic E-state index is -1.58. The van der Waals surface area contributed by atoms with Crippen molar-refractivity contribution in [2.45, 2.75) is 326 Å². The van der Waals surface area contributed by atoms with Gasteiger partial charge in [0.05, 0.1) is 32.0 Å². The van der Waals surface area contributed by atoms with Crippen LogP contribution in [0.15, 0.2) is 24.3 Å². The fraction of sp³-hybridized carbons (Fsp3) is 0.900. The number of hydrogen-bond acceptors (Lipinski definition) is 10. The Bertz CT molecular complexity index is 1230. The first kappa shape index (κ1) is 67.2. The SMILES string of the molecule is CCCCCCCC/C=C/CC/C=C/C(O)C(COC1OC(CO)C(O)C(O)C1O)NC(=O)CCCCCCCCCCCCCCCCCCCCCCOC(=O)CCCCCCCCCCCCC. The van der Waals surface area contributed by atoms with Gasteiger partial charge in [-0.3, -0.25) is 9.59 Å². The van der Waals surface area contributed by atoms with E-state index in [1.165, 1.54) is 193 Å². The average molecular weight is 1010 g/mol. The molecular weight excluding hydrogens is 895 g/mol. The summed E-state index contributed by atoms with van der Waals surface area (Å²) in [5, 5.41) is 54.3. The fourth-order valence-electron chi connectivity index (χ4n) is 9.51. The summed E-state index contributed by atoms with van der Waals surface area (Å²) in [7, 11) is 0. The highest BCUT2D eigenvalue weighted by atomic mass is 16.7. The summed E-state index contributed by atoms with van der Waals surface area (Å²) in [6.07, 6.45) is 49.9. The summed E-state index contributed by atoms with van der Waals surface area (Å²) in [5.41, 5.74) is 0. The third kappa shape index (κ3) is 40.2. The molecule has 0 aromatic rings. The molecule has 71 heavy (non-hydrogen) atoms. The third-order valence-corrected chi connectivity index (χ3v) is 14.3. The highest BCUT2D eigenvalue weighted by Crippen LogP contribution is 2.23. The number of nitrogens with one attached hydrogen (secondary N) is 1. The average Bonchev–Trinajstić information content (AvgIpc) is 3.37. The summed E-state index contributed by atoms with van der Waals surface area (Å²) in [5.74, 6) is -0.198. The lowest BCUT2D eigenvalue weighted by molar-refractivity contribution is -0.302. The van der Waals surface area contributed by atoms with E-state index in [1.807, 2.05) is 6.08 Å². The first-order chi connectivity index (χ1) is 34.7. The van der Waals surface area contributed by atoms with Crippen molar-refractivity contribution in [1.29, 1.82) is 0 Å². The number of esters is 1. The molecule has 1 aliphatic rings. The first-order valence-electron chi connectivity index (χ1n) is 30.1. The van der Waals surface area contributed by atoms with E-state index in [1.54, 1.807) is 6.08 Å². The second-order valence-electron chi connectivity index (χ2n) is 21.1. The molecule has 11 nitrogen and oxygen atoms in total. The minimum absolute atomic E-state index is 0.00408. The highest BCUT2D eigenvalue weighted by molar-refractivity contribution is 5.76. The van der Waals surface area contributed by atoms with Gasteiger partial charge in [-0.15, -0.1) is 0 Å². The highest BCUT2D eigenvalue weighted by Gasteiger charge is 2.44. The van der Waals surface area contributed by atoms with Crippen LogP contribution in [0.25, 0.3) is 0 Å². The normalized spacial score (nSPS) is 19.2. The van der Waals surface area contributed by atoms with E-state index < -0.39 is 49.5 Å². The van der Waals surface area contributed by atoms with Gasteiger partial charge in [-0.05, 0) is 44.9 Å². The van der Waals surface area contributed by atoms with E-state index in [0.29, 0.717) is 19.4 Å². The van der Waals surface area contributed by atoms with Gasteiger partial charge in [-0.2, -0.15) is 0 Å². The number of carbonyl (C=O) groups excluding carboxylic acids is 2. The van der Waals surface area contributed by atoms with Gasteiger partial charge in [0, 0.05) is 12.8 Å². The van der Waals surface area contributed by atoms with E-state index in [0.717, 1.165) is 64.2 Å². The summed E-state index contributed by atoms with van der Waals surface area (Å²) in [6.45, 7) is 4.31. The maximum absolute atomic E-state index is 13.0. The van der Waals surface area contributed by atoms with Crippen LogP contribution >= 0.6 is 0 Å². The van der Waals surface area contributed by atoms with Crippen molar-refractivity contribution in [3.05, 3.63) is 24.3 Å². The fourth-order valence-corrected chi connectivity index (χ4v) is 9.51. The second-order valence-corrected chi connectivity index (χ2v) is 21.1. The van der Waals surface area contributed by atoms with E-state index in [4.69, 9.17) is 14.2 Å². The number of hydrogen-bond donors (Lipinski definition) is 6. The number of ether oxygens (including phenoxy) is 3. The standard InChI is InChI=1S/C60H113NO10/c1-3-5-7-9-11-13-15-27-30-34-38-42-46-53(63)52(51-70-60-59(68)58(67)57(66)54(50-62)71-60)61-55(64)47-43-39-35-31-28-24-22-20-18-16-17-19-21-23-25-29-33-37-41-45-49-69-56(65)48-44-40-36-32-26-14-12-10-8-6-4-2/h27,30,42,46,52-54,57-60,62-63,66-68H,3-26,28-29,31-41,43-45,47-51H2,1-2H3,(H,61,64)/b30-27+,46-42+. The van der Waals surface area contributed by atoms with Gasteiger partial charge in [-0.1, -0.05) is 250 Å². The molecular formula is C60H113NO10. The Morgan fingerprint density at radius 2 is 0.915 bits per heavy atom. The van der Waals surface area contributed by atoms with Crippen molar-refractivity contribution < 1.29 is 49.3 Å². The van der Waals surface area contributed by atoms with Crippen LogP contribution in [0.3, 0.4) is 0 Å². The Balaban J connectivity index is 2.07. The van der Waals surface area contributed by atoms with Crippen molar-refractivity contribution in [3.8, 4) is 0 Å². The maximum atomic E-state index is 13.0. The van der Waals surface area contributed by atoms with Crippen molar-refractivity contribution in [1.82, 2.24) is 5.32 Å². The molecule has 0 bridgehead atoms. The van der Waals surface area contributed by atoms with Crippen molar-refractivity contribution in [2.24, 2.45) is 0 Å². The molecule has 1 heterocycles. The van der Waals surface area contributed by atoms with Crippen LogP contribution in [0, 0.1) is 0 Å². The number of unbranched alkanes of at least 4 members (excludes halogenated alkanes) is 36. The molecule has 1 saturated heterocycles. The number of allylic oxidation sites excluding steroid dienone is 3. The van der Waals surface area contributed by atoms with Crippen LogP contribution in [-0.2, 0) is 23.8 Å². The molecule has 11 heteroatoms. The van der Waals surface area contributed by atoms with Gasteiger partial charge in [0.2, 0.25) is 5.91 Å². The molecule has 0 radical (unpaired) electrons. The molecule has 1 rings (SSSR count). The molecule has 0 aromatic carbocycles. The number of amides is 1. The molecule has 7 atom stereocenters. The van der Waals surface area contributed by atoms with Crippen LogP contribution in [-0.4, -0.2) is 100 Å². The summed E-state index contributed by atoms with van der Waals surface area (Å²) in [6, 6.07) is -0.828. The van der Waals surface area contributed by atoms with Crippen LogP contribution in [0.1, 0.15) is 284 Å². The first-order valence-corrected chi connectivity index (χ1v) is 30.1. The van der Waals surface area contributed by atoms with E-state index >= 15 is 0 Å². The summed E-state index contributed by atoms with van der Waals surface area (Å²) < 4.78 is 16.7. The molecule has 7 unspecified atom stereocenters. The number of aliphatic hydroxyl groups is 5. The monoisotopic (exact) mass is 1010 g/mol. The summed E-state index contributed by atoms with van der Waals surface area (Å²) >= 11 is 0. The molecule has 0 aliphatic carbocycles. The number of carbonyl (C=O) groups is 2. The molecule has 418 valence electrons. The number of rotatable bonds is 52. The maximum Gasteiger partial charge on any atom is 0.305 e. The Labute approximate surface area is 435 Å². The van der Waals surface area contributed by atoms with Crippen LogP contribution < -0.4 is 5.32 Å². The second kappa shape index (κ2) is 50.3.